The van der Waals surface area contributed by atoms with Crippen molar-refractivity contribution in [3.63, 3.8) is 0 Å². The predicted molar refractivity (Wildman–Crippen MR) is 80.5 cm³/mol. The normalized spacial score (nSPS) is 24.4. The number of halogens is 1. The van der Waals surface area contributed by atoms with Gasteiger partial charge >= 0.3 is 0 Å². The van der Waals surface area contributed by atoms with Crippen LogP contribution in [0.15, 0.2) is 23.5 Å². The number of carbonyl (C=O) groups is 1. The molecular weight excluding hydrogens is 287 g/mol. The molecule has 0 bridgehead atoms. The number of nitrogens with one attached hydrogen (secondary N) is 1. The van der Waals surface area contributed by atoms with Crippen LogP contribution in [0, 0.1) is 6.92 Å². The quantitative estimate of drug-likeness (QED) is 0.916. The van der Waals surface area contributed by atoms with E-state index in [1.165, 1.54) is 0 Å². The fourth-order valence-corrected chi connectivity index (χ4v) is 2.91. The van der Waals surface area contributed by atoms with E-state index in [4.69, 9.17) is 4.84 Å². The number of oxime groups is 1. The second-order valence-corrected chi connectivity index (χ2v) is 5.79. The summed E-state index contributed by atoms with van der Waals surface area (Å²) in [6, 6.07) is 3.56. The van der Waals surface area contributed by atoms with Crippen LogP contribution in [0.3, 0.4) is 0 Å². The zero-order valence-electron chi connectivity index (χ0n) is 12.5. The zero-order valence-corrected chi connectivity index (χ0v) is 12.5. The van der Waals surface area contributed by atoms with Crippen LogP contribution in [-0.2, 0) is 9.63 Å². The average molecular weight is 306 g/mol. The molecule has 118 valence electrons. The number of anilines is 1. The lowest BCUT2D eigenvalue weighted by Gasteiger charge is -2.20. The van der Waals surface area contributed by atoms with Crippen LogP contribution in [0.2, 0.25) is 0 Å². The molecule has 0 aromatic carbocycles. The summed E-state index contributed by atoms with van der Waals surface area (Å²) in [6.45, 7) is 3.25. The largest absolute Gasteiger partial charge is 0.387 e. The van der Waals surface area contributed by atoms with Gasteiger partial charge in [0.2, 0.25) is 0 Å². The number of alkyl halides is 1. The molecule has 0 radical (unpaired) electrons. The first-order valence-electron chi connectivity index (χ1n) is 7.38. The summed E-state index contributed by atoms with van der Waals surface area (Å²) in [6.07, 6.45) is 2.90. The minimum absolute atomic E-state index is 0.267. The molecule has 6 nitrogen and oxygen atoms in total. The number of nitrogens with zero attached hydrogens (tertiary/aromatic N) is 3. The molecule has 1 saturated heterocycles. The third-order valence-electron chi connectivity index (χ3n) is 4.15. The SMILES string of the molecule is Cc1ncccc1NC(=O)C1=NOC2(CCN(CCF)C2)C1. The van der Waals surface area contributed by atoms with Gasteiger partial charge in [0.25, 0.3) is 5.91 Å². The van der Waals surface area contributed by atoms with Crippen molar-refractivity contribution in [1.82, 2.24) is 9.88 Å². The second-order valence-electron chi connectivity index (χ2n) is 5.79. The summed E-state index contributed by atoms with van der Waals surface area (Å²) in [7, 11) is 0. The van der Waals surface area contributed by atoms with E-state index in [2.05, 4.69) is 15.5 Å². The van der Waals surface area contributed by atoms with Crippen molar-refractivity contribution in [2.45, 2.75) is 25.4 Å². The fourth-order valence-electron chi connectivity index (χ4n) is 2.91. The number of rotatable bonds is 4. The van der Waals surface area contributed by atoms with E-state index in [9.17, 15) is 9.18 Å². The monoisotopic (exact) mass is 306 g/mol. The van der Waals surface area contributed by atoms with Gasteiger partial charge in [-0.05, 0) is 19.1 Å². The van der Waals surface area contributed by atoms with Gasteiger partial charge in [0.15, 0.2) is 5.60 Å². The Bertz CT molecular complexity index is 607. The van der Waals surface area contributed by atoms with E-state index >= 15 is 0 Å². The van der Waals surface area contributed by atoms with Gasteiger partial charge in [-0.2, -0.15) is 0 Å². The van der Waals surface area contributed by atoms with E-state index in [-0.39, 0.29) is 12.6 Å². The molecule has 1 aromatic rings. The molecule has 1 amide bonds. The number of likely N-dealkylation sites (tertiary alicyclic amines) is 1. The number of amides is 1. The van der Waals surface area contributed by atoms with Crippen LogP contribution in [0.1, 0.15) is 18.5 Å². The van der Waals surface area contributed by atoms with E-state index in [1.54, 1.807) is 18.3 Å². The number of carbonyl (C=O) groups excluding carboxylic acids is 1. The molecule has 3 rings (SSSR count). The highest BCUT2D eigenvalue weighted by Gasteiger charge is 2.46. The van der Waals surface area contributed by atoms with Gasteiger partial charge in [0, 0.05) is 38.7 Å². The van der Waals surface area contributed by atoms with Gasteiger partial charge in [0.05, 0.1) is 11.4 Å². The van der Waals surface area contributed by atoms with Crippen LogP contribution in [-0.4, -0.2) is 53.4 Å². The van der Waals surface area contributed by atoms with E-state index in [1.807, 2.05) is 11.8 Å². The summed E-state index contributed by atoms with van der Waals surface area (Å²) in [5.41, 5.74) is 1.33. The van der Waals surface area contributed by atoms with Crippen LogP contribution >= 0.6 is 0 Å². The van der Waals surface area contributed by atoms with Crippen molar-refractivity contribution in [2.75, 3.05) is 31.6 Å². The highest BCUT2D eigenvalue weighted by atomic mass is 19.1. The minimum atomic E-state index is -0.466. The number of pyridine rings is 1. The lowest BCUT2D eigenvalue weighted by Crippen LogP contribution is -2.35. The molecule has 1 unspecified atom stereocenters. The van der Waals surface area contributed by atoms with E-state index < -0.39 is 5.60 Å². The summed E-state index contributed by atoms with van der Waals surface area (Å²) >= 11 is 0. The maximum absolute atomic E-state index is 12.4. The Labute approximate surface area is 128 Å². The molecule has 0 aliphatic carbocycles. The second kappa shape index (κ2) is 6.00. The first-order valence-corrected chi connectivity index (χ1v) is 7.38. The first-order chi connectivity index (χ1) is 10.6. The molecule has 3 heterocycles. The van der Waals surface area contributed by atoms with Crippen LogP contribution in [0.5, 0.6) is 0 Å². The lowest BCUT2D eigenvalue weighted by molar-refractivity contribution is -0.110. The Morgan fingerprint density at radius 1 is 1.59 bits per heavy atom. The van der Waals surface area contributed by atoms with Crippen molar-refractivity contribution in [2.24, 2.45) is 5.16 Å². The summed E-state index contributed by atoms with van der Waals surface area (Å²) < 4.78 is 12.4. The Morgan fingerprint density at radius 3 is 3.23 bits per heavy atom. The van der Waals surface area contributed by atoms with Crippen molar-refractivity contribution >= 4 is 17.3 Å². The van der Waals surface area contributed by atoms with Crippen molar-refractivity contribution in [3.05, 3.63) is 24.0 Å². The van der Waals surface area contributed by atoms with Crippen molar-refractivity contribution in [1.29, 1.82) is 0 Å². The molecule has 1 aromatic heterocycles. The minimum Gasteiger partial charge on any atom is -0.387 e. The number of hydrogen-bond donors (Lipinski definition) is 1. The molecule has 22 heavy (non-hydrogen) atoms. The summed E-state index contributed by atoms with van der Waals surface area (Å²) in [4.78, 5) is 24.0. The fraction of sp³-hybridized carbons (Fsp3) is 0.533. The molecule has 2 aliphatic heterocycles. The molecule has 1 N–H and O–H groups in total. The first kappa shape index (κ1) is 14.9. The van der Waals surface area contributed by atoms with E-state index in [0.717, 1.165) is 18.7 Å². The standard InChI is InChI=1S/C15H19FN4O2/c1-11-12(3-2-6-17-11)18-14(21)13-9-15(22-19-13)4-7-20(10-15)8-5-16/h2-3,6H,4-5,7-10H2,1H3,(H,18,21). The van der Waals surface area contributed by atoms with Gasteiger partial charge in [-0.1, -0.05) is 5.16 Å². The number of aryl methyl sites for hydroxylation is 1. The van der Waals surface area contributed by atoms with Crippen molar-refractivity contribution < 1.29 is 14.0 Å². The molecule has 7 heteroatoms. The Kier molecular flexibility index (Phi) is 4.06. The molecular formula is C15H19FN4O2. The molecule has 1 fully saturated rings. The third-order valence-corrected chi connectivity index (χ3v) is 4.15. The smallest absolute Gasteiger partial charge is 0.273 e. The van der Waals surface area contributed by atoms with Crippen LogP contribution < -0.4 is 5.32 Å². The van der Waals surface area contributed by atoms with Gasteiger partial charge in [-0.15, -0.1) is 0 Å². The lowest BCUT2D eigenvalue weighted by atomic mass is 9.96. The molecule has 2 aliphatic rings. The topological polar surface area (TPSA) is 66.8 Å². The van der Waals surface area contributed by atoms with Crippen LogP contribution in [0.25, 0.3) is 0 Å². The number of hydrogen-bond acceptors (Lipinski definition) is 5. The third kappa shape index (κ3) is 2.94. The molecule has 1 spiro atoms. The Morgan fingerprint density at radius 2 is 2.45 bits per heavy atom. The van der Waals surface area contributed by atoms with Crippen LogP contribution in [0.4, 0.5) is 10.1 Å². The maximum atomic E-state index is 12.4. The number of aromatic nitrogens is 1. The van der Waals surface area contributed by atoms with Gasteiger partial charge in [-0.25, -0.2) is 4.39 Å². The predicted octanol–water partition coefficient (Wildman–Crippen LogP) is 1.52. The van der Waals surface area contributed by atoms with Gasteiger partial charge in [-0.3, -0.25) is 14.7 Å². The summed E-state index contributed by atoms with van der Waals surface area (Å²) in [5.74, 6) is -0.267. The Hall–Kier alpha value is -2.02. The maximum Gasteiger partial charge on any atom is 0.273 e. The highest BCUT2D eigenvalue weighted by Crippen LogP contribution is 2.33. The molecule has 0 saturated carbocycles. The van der Waals surface area contributed by atoms with Crippen molar-refractivity contribution in [3.8, 4) is 0 Å². The van der Waals surface area contributed by atoms with Gasteiger partial charge < -0.3 is 10.2 Å². The zero-order chi connectivity index (χ0) is 15.6. The molecule has 1 atom stereocenters. The Balaban J connectivity index is 1.61. The average Bonchev–Trinajstić information content (AvgIpc) is 3.10. The van der Waals surface area contributed by atoms with Gasteiger partial charge in [0.1, 0.15) is 12.4 Å². The highest BCUT2D eigenvalue weighted by molar-refractivity contribution is 6.43. The summed E-state index contributed by atoms with van der Waals surface area (Å²) in [5, 5.41) is 6.76. The van der Waals surface area contributed by atoms with E-state index in [0.29, 0.717) is 30.9 Å².